The molecule has 0 N–H and O–H groups in total. The number of nitrogens with zero attached hydrogens (tertiary/aromatic N) is 6. The van der Waals surface area contributed by atoms with Gasteiger partial charge in [-0.05, 0) is 91.0 Å². The van der Waals surface area contributed by atoms with Crippen LogP contribution in [0.5, 0.6) is 0 Å². The number of aryl methyl sites for hydroxylation is 1. The van der Waals surface area contributed by atoms with Crippen molar-refractivity contribution in [2.45, 2.75) is 45.7 Å². The monoisotopic (exact) mass is 732 g/mol. The van der Waals surface area contributed by atoms with Crippen LogP contribution in [0.15, 0.2) is 109 Å². The van der Waals surface area contributed by atoms with Gasteiger partial charge in [0, 0.05) is 18.2 Å². The third-order valence-corrected chi connectivity index (χ3v) is 10.7. The Morgan fingerprint density at radius 3 is 1.75 bits per heavy atom. The summed E-state index contributed by atoms with van der Waals surface area (Å²) in [5.41, 5.74) is 14.8. The molecule has 0 saturated carbocycles. The van der Waals surface area contributed by atoms with E-state index in [-0.39, 0.29) is 23.1 Å². The van der Waals surface area contributed by atoms with Gasteiger partial charge in [-0.15, -0.1) is 22.1 Å². The summed E-state index contributed by atoms with van der Waals surface area (Å²) in [4.78, 5) is 24.4. The Hall–Kier alpha value is -5.33. The molecule has 1 fully saturated rings. The van der Waals surface area contributed by atoms with Crippen LogP contribution >= 0.6 is 0 Å². The van der Waals surface area contributed by atoms with Crippen molar-refractivity contribution in [3.05, 3.63) is 138 Å². The molecule has 1 atom stereocenters. The summed E-state index contributed by atoms with van der Waals surface area (Å²) in [5, 5.41) is 0. The number of pyridine rings is 1. The minimum atomic E-state index is 0. The van der Waals surface area contributed by atoms with E-state index in [1.165, 1.54) is 18.4 Å². The van der Waals surface area contributed by atoms with Crippen molar-refractivity contribution in [3.8, 4) is 33.5 Å². The summed E-state index contributed by atoms with van der Waals surface area (Å²) in [7, 11) is 0. The molecule has 9 rings (SSSR count). The van der Waals surface area contributed by atoms with Gasteiger partial charge in [0.05, 0.1) is 28.3 Å². The molecule has 1 saturated heterocycles. The fraction of sp³-hybridized carbons (Fsp3) is 0.196. The predicted octanol–water partition coefficient (Wildman–Crippen LogP) is 9.77. The quantitative estimate of drug-likeness (QED) is 0.126. The van der Waals surface area contributed by atoms with Crippen LogP contribution in [0.3, 0.4) is 0 Å². The van der Waals surface area contributed by atoms with Crippen LogP contribution in [0.1, 0.15) is 67.5 Å². The molecule has 1 radical (unpaired) electrons. The van der Waals surface area contributed by atoms with Crippen molar-refractivity contribution in [2.24, 2.45) is 0 Å². The molecule has 0 aliphatic carbocycles. The van der Waals surface area contributed by atoms with Crippen molar-refractivity contribution in [1.82, 2.24) is 24.8 Å². The standard InChI is InChI=1S/C46H41N6.Mn/c1-3-51-29-13-11-19-41(51)45-37-25-21-33(47-37)43(31-15-7-5-8-16-31)35-23-27-39(49-35)46(42-20-12-14-30-52(42)4-2)40-28-24-36(50-40)44(32-17-9-6-10-18-32)34-22-26-38(45)48-34;/h5-11,13,15-19,21-29,42H,3-4,12,14,20,30H2,1-2H3;/q-1;+2. The molecule has 53 heavy (non-hydrogen) atoms. The molecule has 6 nitrogen and oxygen atoms in total. The molecular weight excluding hydrogens is 691 g/mol. The molecule has 2 aromatic carbocycles. The molecule has 1 unspecified atom stereocenters. The molecule has 4 aromatic heterocycles. The van der Waals surface area contributed by atoms with Crippen LogP contribution in [0.4, 0.5) is 0 Å². The number of likely N-dealkylation sites (tertiary alicyclic amines) is 1. The van der Waals surface area contributed by atoms with Gasteiger partial charge in [0.1, 0.15) is 6.54 Å². The SMILES string of the molecule is CCN1CCCCC1c1c2nc(c(-c3ccccc3)c3ccc([n-]3)c(-c3cccc[n+]3CC)c3nc(c(-c4ccccc4)c4ccc1[n-]4)C=C3)C=C2.[Mn+2]. The average Bonchev–Trinajstić information content (AvgIpc) is 4.04. The molecule has 261 valence electrons. The minimum Gasteiger partial charge on any atom is -0.657 e. The van der Waals surface area contributed by atoms with E-state index >= 15 is 0 Å². The van der Waals surface area contributed by atoms with Gasteiger partial charge in [0.15, 0.2) is 6.20 Å². The maximum absolute atomic E-state index is 5.47. The Kier molecular flexibility index (Phi) is 9.80. The fourth-order valence-electron chi connectivity index (χ4n) is 8.19. The second-order valence-corrected chi connectivity index (χ2v) is 13.6. The Labute approximate surface area is 321 Å². The molecule has 3 aliphatic rings. The smallest absolute Gasteiger partial charge is 0.657 e. The van der Waals surface area contributed by atoms with E-state index in [0.717, 1.165) is 104 Å². The topological polar surface area (TPSA) is 61.1 Å². The molecule has 7 heterocycles. The predicted molar refractivity (Wildman–Crippen MR) is 213 cm³/mol. The van der Waals surface area contributed by atoms with Crippen LogP contribution < -0.4 is 14.5 Å². The van der Waals surface area contributed by atoms with Gasteiger partial charge in [0.25, 0.3) is 0 Å². The summed E-state index contributed by atoms with van der Waals surface area (Å²) >= 11 is 0. The van der Waals surface area contributed by atoms with Gasteiger partial charge in [-0.2, -0.15) is 4.57 Å². The van der Waals surface area contributed by atoms with E-state index in [9.17, 15) is 0 Å². The van der Waals surface area contributed by atoms with E-state index in [1.54, 1.807) is 0 Å². The number of benzene rings is 2. The molecule has 0 amide bonds. The van der Waals surface area contributed by atoms with Gasteiger partial charge in [-0.1, -0.05) is 98.3 Å². The Morgan fingerprint density at radius 2 is 1.13 bits per heavy atom. The van der Waals surface area contributed by atoms with E-state index in [4.69, 9.17) is 19.9 Å². The van der Waals surface area contributed by atoms with Crippen molar-refractivity contribution in [2.75, 3.05) is 13.1 Å². The summed E-state index contributed by atoms with van der Waals surface area (Å²) in [6.07, 6.45) is 14.3. The van der Waals surface area contributed by atoms with E-state index in [2.05, 4.69) is 157 Å². The number of hydrogen-bond acceptors (Lipinski definition) is 3. The summed E-state index contributed by atoms with van der Waals surface area (Å²) in [5.74, 6) is 0. The second kappa shape index (κ2) is 15.0. The second-order valence-electron chi connectivity index (χ2n) is 13.6. The Morgan fingerprint density at radius 1 is 0.604 bits per heavy atom. The Bertz CT molecular complexity index is 2470. The van der Waals surface area contributed by atoms with Crippen LogP contribution in [0, 0.1) is 0 Å². The first-order valence-electron chi connectivity index (χ1n) is 18.6. The largest absolute Gasteiger partial charge is 2.00 e. The van der Waals surface area contributed by atoms with Crippen LogP contribution in [-0.2, 0) is 23.6 Å². The molecule has 3 aliphatic heterocycles. The van der Waals surface area contributed by atoms with Crippen molar-refractivity contribution < 1.29 is 21.6 Å². The van der Waals surface area contributed by atoms with Crippen LogP contribution in [0.25, 0.3) is 79.9 Å². The molecule has 6 aromatic rings. The van der Waals surface area contributed by atoms with Crippen LogP contribution in [-0.4, -0.2) is 28.0 Å². The Balaban J connectivity index is 0.00000400. The summed E-state index contributed by atoms with van der Waals surface area (Å²) in [6, 6.07) is 36.3. The normalized spacial score (nSPS) is 15.4. The first-order chi connectivity index (χ1) is 25.7. The van der Waals surface area contributed by atoms with E-state index in [0.29, 0.717) is 0 Å². The number of hydrogen-bond donors (Lipinski definition) is 0. The van der Waals surface area contributed by atoms with Gasteiger partial charge < -0.3 is 9.97 Å². The molecule has 0 spiro atoms. The number of aromatic nitrogens is 5. The third kappa shape index (κ3) is 6.40. The van der Waals surface area contributed by atoms with Crippen molar-refractivity contribution >= 4 is 46.4 Å². The van der Waals surface area contributed by atoms with Gasteiger partial charge in [-0.25, -0.2) is 9.97 Å². The third-order valence-electron chi connectivity index (χ3n) is 10.7. The molecular formula is C46H41MnN6+. The minimum absolute atomic E-state index is 0. The van der Waals surface area contributed by atoms with Gasteiger partial charge in [0.2, 0.25) is 5.69 Å². The van der Waals surface area contributed by atoms with E-state index in [1.807, 2.05) is 0 Å². The number of rotatable bonds is 6. The number of fused-ring (bicyclic) bond motifs is 8. The zero-order chi connectivity index (χ0) is 35.0. The summed E-state index contributed by atoms with van der Waals surface area (Å²) in [6.45, 7) is 7.32. The maximum Gasteiger partial charge on any atom is 2.00 e. The fourth-order valence-corrected chi connectivity index (χ4v) is 8.19. The van der Waals surface area contributed by atoms with Gasteiger partial charge in [-0.3, -0.25) is 4.90 Å². The van der Waals surface area contributed by atoms with Crippen LogP contribution in [0.2, 0.25) is 0 Å². The van der Waals surface area contributed by atoms with Gasteiger partial charge >= 0.3 is 17.1 Å². The molecule has 8 bridgehead atoms. The first-order valence-corrected chi connectivity index (χ1v) is 18.6. The summed E-state index contributed by atoms with van der Waals surface area (Å²) < 4.78 is 2.26. The van der Waals surface area contributed by atoms with Crippen molar-refractivity contribution in [3.63, 3.8) is 0 Å². The molecule has 7 heteroatoms. The number of piperidine rings is 1. The maximum atomic E-state index is 5.47. The zero-order valence-electron chi connectivity index (χ0n) is 30.1. The average molecular weight is 733 g/mol. The zero-order valence-corrected chi connectivity index (χ0v) is 31.3. The van der Waals surface area contributed by atoms with E-state index < -0.39 is 0 Å². The van der Waals surface area contributed by atoms with Crippen molar-refractivity contribution in [1.29, 1.82) is 0 Å². The first kappa shape index (κ1) is 34.7.